The van der Waals surface area contributed by atoms with Crippen LogP contribution in [0.15, 0.2) is 30.5 Å². The molecule has 1 aromatic carbocycles. The molecule has 1 heterocycles. The number of H-pyrrole nitrogens is 1. The molecule has 0 bridgehead atoms. The molecule has 0 aliphatic rings. The Morgan fingerprint density at radius 2 is 2.13 bits per heavy atom. The van der Waals surface area contributed by atoms with E-state index in [1.54, 1.807) is 6.20 Å². The van der Waals surface area contributed by atoms with Crippen molar-refractivity contribution < 1.29 is 0 Å². The van der Waals surface area contributed by atoms with Crippen molar-refractivity contribution in [2.24, 2.45) is 0 Å². The molecular weight excluding hydrogens is 186 g/mol. The van der Waals surface area contributed by atoms with E-state index in [2.05, 4.69) is 47.6 Å². The van der Waals surface area contributed by atoms with E-state index in [1.807, 2.05) is 6.07 Å². The van der Waals surface area contributed by atoms with Crippen molar-refractivity contribution >= 4 is 5.69 Å². The Bertz CT molecular complexity index is 432. The quantitative estimate of drug-likeness (QED) is 0.801. The van der Waals surface area contributed by atoms with E-state index in [0.717, 1.165) is 12.2 Å². The van der Waals surface area contributed by atoms with E-state index < -0.39 is 0 Å². The molecule has 0 aliphatic heterocycles. The molecule has 0 unspecified atom stereocenters. The lowest BCUT2D eigenvalue weighted by Gasteiger charge is -2.10. The molecule has 3 nitrogen and oxygen atoms in total. The van der Waals surface area contributed by atoms with E-state index in [4.69, 9.17) is 0 Å². The van der Waals surface area contributed by atoms with Crippen LogP contribution in [0, 0.1) is 13.8 Å². The van der Waals surface area contributed by atoms with Crippen molar-refractivity contribution in [1.29, 1.82) is 0 Å². The number of nitrogens with zero attached hydrogens (tertiary/aromatic N) is 1. The molecule has 0 atom stereocenters. The van der Waals surface area contributed by atoms with Crippen molar-refractivity contribution in [1.82, 2.24) is 10.2 Å². The van der Waals surface area contributed by atoms with Crippen LogP contribution in [0.2, 0.25) is 0 Å². The minimum Gasteiger partial charge on any atom is -0.379 e. The summed E-state index contributed by atoms with van der Waals surface area (Å²) in [5.41, 5.74) is 4.89. The van der Waals surface area contributed by atoms with E-state index >= 15 is 0 Å². The Balaban J connectivity index is 2.08. The smallest absolute Gasteiger partial charge is 0.0567 e. The Morgan fingerprint density at radius 1 is 1.27 bits per heavy atom. The maximum atomic E-state index is 3.91. The van der Waals surface area contributed by atoms with Crippen LogP contribution in [-0.2, 0) is 6.54 Å². The van der Waals surface area contributed by atoms with Gasteiger partial charge in [-0.3, -0.25) is 5.10 Å². The highest BCUT2D eigenvalue weighted by atomic mass is 15.1. The highest BCUT2D eigenvalue weighted by molar-refractivity contribution is 5.53. The van der Waals surface area contributed by atoms with E-state index in [0.29, 0.717) is 0 Å². The molecule has 2 aromatic rings. The summed E-state index contributed by atoms with van der Waals surface area (Å²) in [5, 5.41) is 10.2. The predicted molar refractivity (Wildman–Crippen MR) is 61.8 cm³/mol. The van der Waals surface area contributed by atoms with Gasteiger partial charge in [0.05, 0.1) is 12.2 Å². The summed E-state index contributed by atoms with van der Waals surface area (Å²) in [5.74, 6) is 0. The SMILES string of the molecule is Cc1cccc(NCc2ccn[nH]2)c1C. The summed E-state index contributed by atoms with van der Waals surface area (Å²) >= 11 is 0. The van der Waals surface area contributed by atoms with Crippen LogP contribution in [0.3, 0.4) is 0 Å². The fourth-order valence-electron chi connectivity index (χ4n) is 1.52. The van der Waals surface area contributed by atoms with Crippen molar-refractivity contribution in [3.05, 3.63) is 47.3 Å². The van der Waals surface area contributed by atoms with Gasteiger partial charge in [0.15, 0.2) is 0 Å². The summed E-state index contributed by atoms with van der Waals surface area (Å²) < 4.78 is 0. The maximum absolute atomic E-state index is 3.91. The molecule has 0 aliphatic carbocycles. The first-order valence-corrected chi connectivity index (χ1v) is 5.05. The fraction of sp³-hybridized carbons (Fsp3) is 0.250. The summed E-state index contributed by atoms with van der Waals surface area (Å²) in [4.78, 5) is 0. The molecule has 0 fully saturated rings. The van der Waals surface area contributed by atoms with Gasteiger partial charge in [-0.15, -0.1) is 0 Å². The highest BCUT2D eigenvalue weighted by Crippen LogP contribution is 2.18. The van der Waals surface area contributed by atoms with Gasteiger partial charge in [-0.05, 0) is 37.1 Å². The number of benzene rings is 1. The first-order chi connectivity index (χ1) is 7.27. The molecular formula is C12H15N3. The topological polar surface area (TPSA) is 40.7 Å². The molecule has 0 spiro atoms. The molecule has 0 radical (unpaired) electrons. The third kappa shape index (κ3) is 2.18. The number of anilines is 1. The van der Waals surface area contributed by atoms with Gasteiger partial charge in [-0.2, -0.15) is 5.10 Å². The summed E-state index contributed by atoms with van der Waals surface area (Å²) in [6.07, 6.45) is 1.76. The zero-order valence-corrected chi connectivity index (χ0v) is 9.04. The van der Waals surface area contributed by atoms with Crippen LogP contribution in [0.5, 0.6) is 0 Å². The number of nitrogens with one attached hydrogen (secondary N) is 2. The van der Waals surface area contributed by atoms with Gasteiger partial charge in [-0.25, -0.2) is 0 Å². The van der Waals surface area contributed by atoms with Crippen LogP contribution in [0.25, 0.3) is 0 Å². The predicted octanol–water partition coefficient (Wildman–Crippen LogP) is 2.64. The van der Waals surface area contributed by atoms with Crippen LogP contribution < -0.4 is 5.32 Å². The Labute approximate surface area is 89.5 Å². The second kappa shape index (κ2) is 4.17. The first kappa shape index (κ1) is 9.77. The summed E-state index contributed by atoms with van der Waals surface area (Å²) in [6.45, 7) is 5.03. The number of rotatable bonds is 3. The lowest BCUT2D eigenvalue weighted by atomic mass is 10.1. The number of aromatic amines is 1. The standard InChI is InChI=1S/C12H15N3/c1-9-4-3-5-12(10(9)2)13-8-11-6-7-14-15-11/h3-7,13H,8H2,1-2H3,(H,14,15). The second-order valence-corrected chi connectivity index (χ2v) is 3.68. The normalized spacial score (nSPS) is 10.3. The van der Waals surface area contributed by atoms with Crippen LogP contribution in [0.1, 0.15) is 16.8 Å². The van der Waals surface area contributed by atoms with Crippen molar-refractivity contribution in [3.63, 3.8) is 0 Å². The highest BCUT2D eigenvalue weighted by Gasteiger charge is 2.00. The molecule has 2 rings (SSSR count). The lowest BCUT2D eigenvalue weighted by molar-refractivity contribution is 0.979. The molecule has 0 amide bonds. The van der Waals surface area contributed by atoms with Gasteiger partial charge in [0, 0.05) is 11.9 Å². The van der Waals surface area contributed by atoms with Crippen molar-refractivity contribution in [2.45, 2.75) is 20.4 Å². The van der Waals surface area contributed by atoms with Gasteiger partial charge in [0.2, 0.25) is 0 Å². The number of aryl methyl sites for hydroxylation is 1. The fourth-order valence-corrected chi connectivity index (χ4v) is 1.52. The zero-order valence-electron chi connectivity index (χ0n) is 9.04. The molecule has 3 heteroatoms. The van der Waals surface area contributed by atoms with Gasteiger partial charge in [0.1, 0.15) is 0 Å². The Morgan fingerprint density at radius 3 is 2.87 bits per heavy atom. The molecule has 1 aromatic heterocycles. The largest absolute Gasteiger partial charge is 0.379 e. The van der Waals surface area contributed by atoms with Crippen molar-refractivity contribution in [3.8, 4) is 0 Å². The Hall–Kier alpha value is -1.77. The summed E-state index contributed by atoms with van der Waals surface area (Å²) in [6, 6.07) is 8.26. The molecule has 0 saturated heterocycles. The average Bonchev–Trinajstić information content (AvgIpc) is 2.73. The van der Waals surface area contributed by atoms with Crippen LogP contribution in [0.4, 0.5) is 5.69 Å². The van der Waals surface area contributed by atoms with Gasteiger partial charge in [0.25, 0.3) is 0 Å². The van der Waals surface area contributed by atoms with E-state index in [9.17, 15) is 0 Å². The van der Waals surface area contributed by atoms with Gasteiger partial charge < -0.3 is 5.32 Å². The third-order valence-electron chi connectivity index (χ3n) is 2.63. The number of hydrogen-bond donors (Lipinski definition) is 2. The van der Waals surface area contributed by atoms with E-state index in [-0.39, 0.29) is 0 Å². The molecule has 2 N–H and O–H groups in total. The molecule has 15 heavy (non-hydrogen) atoms. The first-order valence-electron chi connectivity index (χ1n) is 5.05. The minimum atomic E-state index is 0.782. The zero-order chi connectivity index (χ0) is 10.7. The minimum absolute atomic E-state index is 0.782. The lowest BCUT2D eigenvalue weighted by Crippen LogP contribution is -2.02. The van der Waals surface area contributed by atoms with Gasteiger partial charge in [-0.1, -0.05) is 12.1 Å². The van der Waals surface area contributed by atoms with E-state index in [1.165, 1.54) is 16.8 Å². The van der Waals surface area contributed by atoms with Gasteiger partial charge >= 0.3 is 0 Å². The second-order valence-electron chi connectivity index (χ2n) is 3.68. The summed E-state index contributed by atoms with van der Waals surface area (Å²) in [7, 11) is 0. The number of hydrogen-bond acceptors (Lipinski definition) is 2. The number of aromatic nitrogens is 2. The average molecular weight is 201 g/mol. The maximum Gasteiger partial charge on any atom is 0.0567 e. The van der Waals surface area contributed by atoms with Crippen molar-refractivity contribution in [2.75, 3.05) is 5.32 Å². The van der Waals surface area contributed by atoms with Crippen LogP contribution in [-0.4, -0.2) is 10.2 Å². The third-order valence-corrected chi connectivity index (χ3v) is 2.63. The molecule has 0 saturated carbocycles. The molecule has 78 valence electrons. The Kier molecular flexibility index (Phi) is 2.72. The monoisotopic (exact) mass is 201 g/mol. The van der Waals surface area contributed by atoms with Crippen LogP contribution >= 0.6 is 0 Å².